The van der Waals surface area contributed by atoms with Crippen LogP contribution in [0.1, 0.15) is 5.56 Å². The number of ether oxygens (including phenoxy) is 1. The second kappa shape index (κ2) is 6.06. The van der Waals surface area contributed by atoms with Crippen LogP contribution in [0.15, 0.2) is 48.5 Å². The largest absolute Gasteiger partial charge is 0.508 e. The van der Waals surface area contributed by atoms with Crippen molar-refractivity contribution in [2.75, 3.05) is 31.8 Å². The highest BCUT2D eigenvalue weighted by Crippen LogP contribution is 2.24. The van der Waals surface area contributed by atoms with Crippen LogP contribution in [0.3, 0.4) is 0 Å². The summed E-state index contributed by atoms with van der Waals surface area (Å²) in [5, 5.41) is 9.86. The van der Waals surface area contributed by atoms with E-state index in [1.54, 1.807) is 13.2 Å². The molecule has 3 rings (SSSR count). The minimum absolute atomic E-state index is 0.375. The summed E-state index contributed by atoms with van der Waals surface area (Å²) in [6.07, 6.45) is 0. The molecule has 0 aromatic heterocycles. The number of methoxy groups -OCH3 is 1. The smallest absolute Gasteiger partial charge is 0.120 e. The maximum absolute atomic E-state index is 9.86. The van der Waals surface area contributed by atoms with Crippen LogP contribution in [0.4, 0.5) is 5.69 Å². The van der Waals surface area contributed by atoms with Gasteiger partial charge in [-0.05, 0) is 30.3 Å². The molecule has 0 amide bonds. The lowest BCUT2D eigenvalue weighted by atomic mass is 10.2. The minimum Gasteiger partial charge on any atom is -0.508 e. The van der Waals surface area contributed by atoms with E-state index in [0.29, 0.717) is 5.75 Å². The Balaban J connectivity index is 1.63. The Labute approximate surface area is 125 Å². The van der Waals surface area contributed by atoms with Crippen molar-refractivity contribution in [3.8, 4) is 11.5 Å². The molecule has 1 aliphatic rings. The molecule has 1 heterocycles. The van der Waals surface area contributed by atoms with Crippen molar-refractivity contribution in [1.29, 1.82) is 0 Å². The molecule has 0 radical (unpaired) electrons. The number of para-hydroxylation sites is 1. The average Bonchev–Trinajstić information content (AvgIpc) is 2.98. The summed E-state index contributed by atoms with van der Waals surface area (Å²) >= 11 is 0. The number of anilines is 1. The fourth-order valence-corrected chi connectivity index (χ4v) is 2.66. The van der Waals surface area contributed by atoms with Crippen molar-refractivity contribution < 1.29 is 9.84 Å². The van der Waals surface area contributed by atoms with Crippen LogP contribution in [-0.4, -0.2) is 36.9 Å². The third-order valence-electron chi connectivity index (χ3n) is 3.88. The van der Waals surface area contributed by atoms with E-state index in [-0.39, 0.29) is 0 Å². The molecule has 0 aliphatic carbocycles. The van der Waals surface area contributed by atoms with Crippen LogP contribution in [0.5, 0.6) is 11.5 Å². The third-order valence-corrected chi connectivity index (χ3v) is 3.88. The molecule has 21 heavy (non-hydrogen) atoms. The van der Waals surface area contributed by atoms with Gasteiger partial charge < -0.3 is 14.7 Å². The van der Waals surface area contributed by atoms with E-state index < -0.39 is 0 Å². The number of nitrogens with zero attached hydrogens (tertiary/aromatic N) is 2. The maximum atomic E-state index is 9.86. The van der Waals surface area contributed by atoms with Gasteiger partial charge in [-0.2, -0.15) is 0 Å². The van der Waals surface area contributed by atoms with Crippen molar-refractivity contribution in [2.45, 2.75) is 6.54 Å². The number of aromatic hydroxyl groups is 1. The lowest BCUT2D eigenvalue weighted by Gasteiger charge is -2.20. The summed E-state index contributed by atoms with van der Waals surface area (Å²) in [7, 11) is 1.68. The van der Waals surface area contributed by atoms with E-state index in [4.69, 9.17) is 4.74 Å². The summed E-state index contributed by atoms with van der Waals surface area (Å²) < 4.78 is 5.19. The summed E-state index contributed by atoms with van der Waals surface area (Å²) in [6, 6.07) is 15.7. The fourth-order valence-electron chi connectivity index (χ4n) is 2.66. The van der Waals surface area contributed by atoms with Crippen LogP contribution in [0.2, 0.25) is 0 Å². The second-order valence-corrected chi connectivity index (χ2v) is 5.28. The number of benzene rings is 2. The predicted octanol–water partition coefficient (Wildman–Crippen LogP) is 2.68. The lowest BCUT2D eigenvalue weighted by molar-refractivity contribution is 0.326. The van der Waals surface area contributed by atoms with Crippen molar-refractivity contribution in [2.24, 2.45) is 0 Å². The standard InChI is InChI=1S/C17H20N2O2/c1-21-16-8-6-15(7-9-16)19-11-10-18(13-19)12-14-4-2-3-5-17(14)20/h2-9,20H,10-13H2,1H3. The van der Waals surface area contributed by atoms with Gasteiger partial charge in [0.05, 0.1) is 13.8 Å². The van der Waals surface area contributed by atoms with Gasteiger partial charge in [0.2, 0.25) is 0 Å². The van der Waals surface area contributed by atoms with Gasteiger partial charge in [-0.15, -0.1) is 0 Å². The number of phenolic OH excluding ortho intramolecular Hbond substituents is 1. The Morgan fingerprint density at radius 3 is 2.52 bits per heavy atom. The molecular weight excluding hydrogens is 264 g/mol. The molecule has 1 fully saturated rings. The van der Waals surface area contributed by atoms with Gasteiger partial charge in [0, 0.05) is 30.9 Å². The Bertz CT molecular complexity index is 598. The first kappa shape index (κ1) is 13.8. The van der Waals surface area contributed by atoms with Crippen LogP contribution >= 0.6 is 0 Å². The molecule has 1 N–H and O–H groups in total. The summed E-state index contributed by atoms with van der Waals surface area (Å²) in [6.45, 7) is 3.65. The zero-order valence-corrected chi connectivity index (χ0v) is 12.2. The highest BCUT2D eigenvalue weighted by molar-refractivity contribution is 5.49. The van der Waals surface area contributed by atoms with Gasteiger partial charge in [0.15, 0.2) is 0 Å². The average molecular weight is 284 g/mol. The normalized spacial score (nSPS) is 15.4. The van der Waals surface area contributed by atoms with E-state index in [9.17, 15) is 5.11 Å². The number of phenols is 1. The van der Waals surface area contributed by atoms with Gasteiger partial charge >= 0.3 is 0 Å². The highest BCUT2D eigenvalue weighted by Gasteiger charge is 2.20. The molecular formula is C17H20N2O2. The first-order valence-electron chi connectivity index (χ1n) is 7.14. The highest BCUT2D eigenvalue weighted by atomic mass is 16.5. The van der Waals surface area contributed by atoms with Crippen LogP contribution in [-0.2, 0) is 6.54 Å². The monoisotopic (exact) mass is 284 g/mol. The molecule has 2 aromatic rings. The fraction of sp³-hybridized carbons (Fsp3) is 0.294. The molecule has 0 spiro atoms. The molecule has 0 bridgehead atoms. The molecule has 2 aromatic carbocycles. The lowest BCUT2D eigenvalue weighted by Crippen LogP contribution is -2.24. The molecule has 0 saturated carbocycles. The third kappa shape index (κ3) is 3.11. The van der Waals surface area contributed by atoms with Gasteiger partial charge in [0.25, 0.3) is 0 Å². The Hall–Kier alpha value is -2.20. The quantitative estimate of drug-likeness (QED) is 0.936. The van der Waals surface area contributed by atoms with Crippen molar-refractivity contribution in [3.05, 3.63) is 54.1 Å². The van der Waals surface area contributed by atoms with Gasteiger partial charge in [-0.1, -0.05) is 18.2 Å². The zero-order chi connectivity index (χ0) is 14.7. The summed E-state index contributed by atoms with van der Waals surface area (Å²) in [5.74, 6) is 1.25. The molecule has 0 atom stereocenters. The summed E-state index contributed by atoms with van der Waals surface area (Å²) in [5.41, 5.74) is 2.18. The van der Waals surface area contributed by atoms with Gasteiger partial charge in [0.1, 0.15) is 11.5 Å². The topological polar surface area (TPSA) is 35.9 Å². The Morgan fingerprint density at radius 2 is 1.81 bits per heavy atom. The number of rotatable bonds is 4. The van der Waals surface area contributed by atoms with Gasteiger partial charge in [-0.25, -0.2) is 0 Å². The molecule has 1 aliphatic heterocycles. The minimum atomic E-state index is 0.375. The molecule has 110 valence electrons. The van der Waals surface area contributed by atoms with E-state index in [2.05, 4.69) is 21.9 Å². The Morgan fingerprint density at radius 1 is 1.05 bits per heavy atom. The molecule has 4 nitrogen and oxygen atoms in total. The van der Waals surface area contributed by atoms with Crippen LogP contribution < -0.4 is 9.64 Å². The zero-order valence-electron chi connectivity index (χ0n) is 12.2. The predicted molar refractivity (Wildman–Crippen MR) is 83.7 cm³/mol. The van der Waals surface area contributed by atoms with Crippen molar-refractivity contribution in [3.63, 3.8) is 0 Å². The van der Waals surface area contributed by atoms with E-state index in [0.717, 1.165) is 37.6 Å². The SMILES string of the molecule is COc1ccc(N2CCN(Cc3ccccc3O)C2)cc1. The van der Waals surface area contributed by atoms with E-state index in [1.807, 2.05) is 30.3 Å². The van der Waals surface area contributed by atoms with E-state index in [1.165, 1.54) is 5.69 Å². The Kier molecular flexibility index (Phi) is 3.97. The first-order chi connectivity index (χ1) is 10.3. The number of hydrogen-bond donors (Lipinski definition) is 1. The van der Waals surface area contributed by atoms with Crippen molar-refractivity contribution >= 4 is 5.69 Å². The van der Waals surface area contributed by atoms with Gasteiger partial charge in [-0.3, -0.25) is 4.90 Å². The van der Waals surface area contributed by atoms with Crippen LogP contribution in [0.25, 0.3) is 0 Å². The first-order valence-corrected chi connectivity index (χ1v) is 7.14. The second-order valence-electron chi connectivity index (χ2n) is 5.28. The summed E-state index contributed by atoms with van der Waals surface area (Å²) in [4.78, 5) is 4.67. The van der Waals surface area contributed by atoms with E-state index >= 15 is 0 Å². The van der Waals surface area contributed by atoms with Crippen molar-refractivity contribution in [1.82, 2.24) is 4.90 Å². The molecule has 1 saturated heterocycles. The maximum Gasteiger partial charge on any atom is 0.120 e. The molecule has 0 unspecified atom stereocenters. The molecule has 4 heteroatoms. The number of hydrogen-bond acceptors (Lipinski definition) is 4. The van der Waals surface area contributed by atoms with Crippen LogP contribution in [0, 0.1) is 0 Å².